The lowest BCUT2D eigenvalue weighted by Gasteiger charge is -2.26. The highest BCUT2D eigenvalue weighted by Crippen LogP contribution is 2.26. The number of rotatable bonds is 5. The van der Waals surface area contributed by atoms with Gasteiger partial charge in [-0.05, 0) is 44.7 Å². The predicted molar refractivity (Wildman–Crippen MR) is 90.7 cm³/mol. The van der Waals surface area contributed by atoms with Gasteiger partial charge in [0, 0.05) is 32.3 Å². The van der Waals surface area contributed by atoms with E-state index in [1.807, 2.05) is 20.8 Å². The number of hydrogen-bond donors (Lipinski definition) is 1. The lowest BCUT2D eigenvalue weighted by atomic mass is 10.0. The quantitative estimate of drug-likeness (QED) is 0.906. The van der Waals surface area contributed by atoms with Gasteiger partial charge in [-0.1, -0.05) is 17.7 Å². The molecule has 1 N–H and O–H groups in total. The van der Waals surface area contributed by atoms with E-state index in [0.29, 0.717) is 19.7 Å². The first-order valence-electron chi connectivity index (χ1n) is 8.15. The van der Waals surface area contributed by atoms with E-state index in [2.05, 4.69) is 17.4 Å². The molecule has 23 heavy (non-hydrogen) atoms. The third kappa shape index (κ3) is 4.32. The van der Waals surface area contributed by atoms with Crippen LogP contribution < -0.4 is 10.2 Å². The van der Waals surface area contributed by atoms with Crippen molar-refractivity contribution in [2.45, 2.75) is 46.6 Å². The maximum atomic E-state index is 12.1. The summed E-state index contributed by atoms with van der Waals surface area (Å²) in [6.45, 7) is 9.15. The fraction of sp³-hybridized carbons (Fsp3) is 0.556. The van der Waals surface area contributed by atoms with Crippen molar-refractivity contribution in [2.24, 2.45) is 0 Å². The molecule has 1 heterocycles. The molecular formula is C18H26N2O3. The van der Waals surface area contributed by atoms with Crippen molar-refractivity contribution in [3.8, 4) is 0 Å². The molecule has 1 fully saturated rings. The van der Waals surface area contributed by atoms with Crippen molar-refractivity contribution >= 4 is 17.5 Å². The summed E-state index contributed by atoms with van der Waals surface area (Å²) in [5.41, 5.74) is 4.26. The highest BCUT2D eigenvalue weighted by atomic mass is 16.5. The first kappa shape index (κ1) is 17.5. The standard InChI is InChI=1S/C18H26N2O3/c1-12-10-13(2)17(14(3)11-12)20(15(4)21)8-7-19-18(22)16-6-5-9-23-16/h10-11,16H,5-9H2,1-4H3,(H,19,22). The molecule has 0 aliphatic carbocycles. The maximum absolute atomic E-state index is 12.1. The smallest absolute Gasteiger partial charge is 0.249 e. The molecule has 2 rings (SSSR count). The zero-order valence-corrected chi connectivity index (χ0v) is 14.4. The zero-order chi connectivity index (χ0) is 17.0. The summed E-state index contributed by atoms with van der Waals surface area (Å²) in [7, 11) is 0. The molecule has 1 aromatic carbocycles. The van der Waals surface area contributed by atoms with E-state index >= 15 is 0 Å². The van der Waals surface area contributed by atoms with Crippen molar-refractivity contribution in [1.82, 2.24) is 5.32 Å². The minimum atomic E-state index is -0.330. The van der Waals surface area contributed by atoms with Crippen molar-refractivity contribution in [3.63, 3.8) is 0 Å². The van der Waals surface area contributed by atoms with E-state index in [9.17, 15) is 9.59 Å². The monoisotopic (exact) mass is 318 g/mol. The molecule has 1 aliphatic rings. The van der Waals surface area contributed by atoms with E-state index in [1.165, 1.54) is 5.56 Å². The molecule has 0 aromatic heterocycles. The van der Waals surface area contributed by atoms with Crippen molar-refractivity contribution in [3.05, 3.63) is 28.8 Å². The Morgan fingerprint density at radius 2 is 1.91 bits per heavy atom. The normalized spacial score (nSPS) is 17.1. The van der Waals surface area contributed by atoms with Gasteiger partial charge >= 0.3 is 0 Å². The highest BCUT2D eigenvalue weighted by molar-refractivity contribution is 5.93. The fourth-order valence-electron chi connectivity index (χ4n) is 3.21. The summed E-state index contributed by atoms with van der Waals surface area (Å²) in [6.07, 6.45) is 1.38. The zero-order valence-electron chi connectivity index (χ0n) is 14.4. The largest absolute Gasteiger partial charge is 0.368 e. The Hall–Kier alpha value is -1.88. The Morgan fingerprint density at radius 1 is 1.26 bits per heavy atom. The Labute approximate surface area is 138 Å². The van der Waals surface area contributed by atoms with Gasteiger partial charge in [0.05, 0.1) is 0 Å². The lowest BCUT2D eigenvalue weighted by Crippen LogP contribution is -2.41. The second-order valence-electron chi connectivity index (χ2n) is 6.21. The molecule has 1 aromatic rings. The molecule has 5 nitrogen and oxygen atoms in total. The van der Waals surface area contributed by atoms with E-state index in [4.69, 9.17) is 4.74 Å². The van der Waals surface area contributed by atoms with Crippen LogP contribution in [0.1, 0.15) is 36.5 Å². The Balaban J connectivity index is 2.02. The number of benzene rings is 1. The third-order valence-corrected chi connectivity index (χ3v) is 4.14. The summed E-state index contributed by atoms with van der Waals surface area (Å²) < 4.78 is 5.36. The van der Waals surface area contributed by atoms with E-state index in [1.54, 1.807) is 11.8 Å². The minimum Gasteiger partial charge on any atom is -0.368 e. The van der Waals surface area contributed by atoms with Crippen molar-refractivity contribution in [2.75, 3.05) is 24.6 Å². The summed E-state index contributed by atoms with van der Waals surface area (Å²) in [5, 5.41) is 2.87. The Morgan fingerprint density at radius 3 is 2.43 bits per heavy atom. The number of nitrogens with one attached hydrogen (secondary N) is 1. The van der Waals surface area contributed by atoms with E-state index in [0.717, 1.165) is 29.7 Å². The summed E-state index contributed by atoms with van der Waals surface area (Å²) in [5.74, 6) is -0.102. The summed E-state index contributed by atoms with van der Waals surface area (Å²) in [4.78, 5) is 25.8. The number of anilines is 1. The first-order valence-corrected chi connectivity index (χ1v) is 8.15. The number of aryl methyl sites for hydroxylation is 3. The molecule has 1 unspecified atom stereocenters. The van der Waals surface area contributed by atoms with Gasteiger partial charge in [-0.2, -0.15) is 0 Å². The number of nitrogens with zero attached hydrogens (tertiary/aromatic N) is 1. The van der Waals surface area contributed by atoms with E-state index in [-0.39, 0.29) is 17.9 Å². The minimum absolute atomic E-state index is 0.0218. The van der Waals surface area contributed by atoms with Gasteiger partial charge < -0.3 is 15.0 Å². The molecular weight excluding hydrogens is 292 g/mol. The second kappa shape index (κ2) is 7.59. The van der Waals surface area contributed by atoms with Crippen LogP contribution in [-0.2, 0) is 14.3 Å². The van der Waals surface area contributed by atoms with Crippen LogP contribution >= 0.6 is 0 Å². The second-order valence-corrected chi connectivity index (χ2v) is 6.21. The van der Waals surface area contributed by atoms with Gasteiger partial charge in [0.2, 0.25) is 11.8 Å². The number of carbonyl (C=O) groups excluding carboxylic acids is 2. The fourth-order valence-corrected chi connectivity index (χ4v) is 3.21. The molecule has 0 spiro atoms. The average molecular weight is 318 g/mol. The van der Waals surface area contributed by atoms with Gasteiger partial charge in [-0.15, -0.1) is 0 Å². The molecule has 2 amide bonds. The van der Waals surface area contributed by atoms with Crippen LogP contribution in [0.4, 0.5) is 5.69 Å². The first-order chi connectivity index (χ1) is 10.9. The van der Waals surface area contributed by atoms with Crippen LogP contribution in [0.5, 0.6) is 0 Å². The number of amides is 2. The predicted octanol–water partition coefficient (Wildman–Crippen LogP) is 2.26. The van der Waals surface area contributed by atoms with Crippen molar-refractivity contribution in [1.29, 1.82) is 0 Å². The van der Waals surface area contributed by atoms with Crippen LogP contribution in [-0.4, -0.2) is 37.6 Å². The van der Waals surface area contributed by atoms with Crippen LogP contribution in [0, 0.1) is 20.8 Å². The Bertz CT molecular complexity index is 569. The maximum Gasteiger partial charge on any atom is 0.249 e. The SMILES string of the molecule is CC(=O)N(CCNC(=O)C1CCCO1)c1c(C)cc(C)cc1C. The molecule has 0 saturated carbocycles. The number of hydrogen-bond acceptors (Lipinski definition) is 3. The van der Waals surface area contributed by atoms with E-state index < -0.39 is 0 Å². The average Bonchev–Trinajstić information content (AvgIpc) is 2.98. The molecule has 5 heteroatoms. The van der Waals surface area contributed by atoms with Gasteiger partial charge in [0.15, 0.2) is 0 Å². The lowest BCUT2D eigenvalue weighted by molar-refractivity contribution is -0.130. The summed E-state index contributed by atoms with van der Waals surface area (Å²) in [6, 6.07) is 4.15. The molecule has 0 radical (unpaired) electrons. The molecule has 126 valence electrons. The van der Waals surface area contributed by atoms with Crippen LogP contribution in [0.15, 0.2) is 12.1 Å². The topological polar surface area (TPSA) is 58.6 Å². The number of ether oxygens (including phenoxy) is 1. The van der Waals surface area contributed by atoms with Gasteiger partial charge in [-0.3, -0.25) is 9.59 Å². The molecule has 0 bridgehead atoms. The summed E-state index contributed by atoms with van der Waals surface area (Å²) >= 11 is 0. The molecule has 1 atom stereocenters. The van der Waals surface area contributed by atoms with Crippen LogP contribution in [0.25, 0.3) is 0 Å². The van der Waals surface area contributed by atoms with Crippen molar-refractivity contribution < 1.29 is 14.3 Å². The Kier molecular flexibility index (Phi) is 5.77. The highest BCUT2D eigenvalue weighted by Gasteiger charge is 2.23. The van der Waals surface area contributed by atoms with Gasteiger partial charge in [-0.25, -0.2) is 0 Å². The third-order valence-electron chi connectivity index (χ3n) is 4.14. The molecule has 1 saturated heterocycles. The van der Waals surface area contributed by atoms with Crippen LogP contribution in [0.2, 0.25) is 0 Å². The number of carbonyl (C=O) groups is 2. The van der Waals surface area contributed by atoms with Gasteiger partial charge in [0.25, 0.3) is 0 Å². The molecule has 1 aliphatic heterocycles. The van der Waals surface area contributed by atoms with Gasteiger partial charge in [0.1, 0.15) is 6.10 Å². The van der Waals surface area contributed by atoms with Crippen LogP contribution in [0.3, 0.4) is 0 Å².